The molecular formula is C12H16F10N2O3S. The number of halogens is 10. The molecule has 0 aromatic carbocycles. The highest BCUT2D eigenvalue weighted by Gasteiger charge is 2.84. The second kappa shape index (κ2) is 8.47. The van der Waals surface area contributed by atoms with Gasteiger partial charge in [0, 0.05) is 26.2 Å². The molecule has 168 valence electrons. The molecule has 1 saturated heterocycles. The molecule has 0 atom stereocenters. The van der Waals surface area contributed by atoms with Crippen molar-refractivity contribution in [2.24, 2.45) is 0 Å². The highest BCUT2D eigenvalue weighted by Crippen LogP contribution is 2.55. The van der Waals surface area contributed by atoms with Crippen LogP contribution in [-0.4, -0.2) is 82.2 Å². The number of ether oxygens (including phenoxy) is 1. The van der Waals surface area contributed by atoms with Gasteiger partial charge in [-0.15, -0.1) is 0 Å². The maximum absolute atomic E-state index is 13.7. The van der Waals surface area contributed by atoms with Gasteiger partial charge in [-0.05, 0) is 0 Å². The van der Waals surface area contributed by atoms with Crippen LogP contribution in [0.3, 0.4) is 0 Å². The molecule has 0 aliphatic carbocycles. The smallest absolute Gasteiger partial charge is 0.379 e. The largest absolute Gasteiger partial charge is 0.427 e. The zero-order chi connectivity index (χ0) is 22.0. The minimum absolute atomic E-state index is 0.215. The maximum Gasteiger partial charge on any atom is 0.427 e. The summed E-state index contributed by atoms with van der Waals surface area (Å²) in [4.78, 5) is 1.47. The molecule has 0 radical (unpaired) electrons. The number of nitrogens with one attached hydrogen (secondary N) is 1. The first-order chi connectivity index (χ1) is 12.5. The molecule has 16 heteroatoms. The third-order valence-electron chi connectivity index (χ3n) is 3.79. The van der Waals surface area contributed by atoms with Gasteiger partial charge in [0.25, 0.3) is 10.0 Å². The van der Waals surface area contributed by atoms with Gasteiger partial charge < -0.3 is 4.74 Å². The standard InChI is InChI=1S/C12H16F10N2O3S/c13-8(14)7-9(15,16)10(17,18)11(19,20)12(21,22)28(25,26)23-1-2-24-3-5-27-6-4-24/h8,23H,1-7H2. The molecule has 1 rings (SSSR count). The Labute approximate surface area is 153 Å². The van der Waals surface area contributed by atoms with Gasteiger partial charge in [-0.2, -0.15) is 35.1 Å². The third kappa shape index (κ3) is 4.81. The van der Waals surface area contributed by atoms with Gasteiger partial charge in [-0.3, -0.25) is 4.90 Å². The summed E-state index contributed by atoms with van der Waals surface area (Å²) < 4.78 is 160. The van der Waals surface area contributed by atoms with E-state index in [2.05, 4.69) is 0 Å². The van der Waals surface area contributed by atoms with Crippen molar-refractivity contribution in [3.8, 4) is 0 Å². The Balaban J connectivity index is 2.98. The van der Waals surface area contributed by atoms with Gasteiger partial charge >= 0.3 is 23.0 Å². The molecule has 1 aliphatic rings. The summed E-state index contributed by atoms with van der Waals surface area (Å²) in [7, 11) is -6.58. The van der Waals surface area contributed by atoms with E-state index in [0.29, 0.717) is 0 Å². The topological polar surface area (TPSA) is 58.6 Å². The SMILES string of the molecule is O=S(=O)(NCCN1CCOCC1)C(F)(F)C(F)(F)C(F)(F)C(F)(F)CC(F)F. The fraction of sp³-hybridized carbons (Fsp3) is 1.00. The second-order valence-electron chi connectivity index (χ2n) is 5.82. The summed E-state index contributed by atoms with van der Waals surface area (Å²) >= 11 is 0. The van der Waals surface area contributed by atoms with E-state index in [1.807, 2.05) is 0 Å². The van der Waals surface area contributed by atoms with E-state index in [9.17, 15) is 52.3 Å². The highest BCUT2D eigenvalue weighted by molar-refractivity contribution is 7.90. The normalized spacial score (nSPS) is 18.7. The summed E-state index contributed by atoms with van der Waals surface area (Å²) in [5.41, 5.74) is 0. The Morgan fingerprint density at radius 2 is 1.43 bits per heavy atom. The zero-order valence-electron chi connectivity index (χ0n) is 13.9. The van der Waals surface area contributed by atoms with E-state index in [1.165, 1.54) is 4.90 Å². The lowest BCUT2D eigenvalue weighted by molar-refractivity contribution is -0.352. The summed E-state index contributed by atoms with van der Waals surface area (Å²) in [6, 6.07) is 0. The molecule has 1 aliphatic heterocycles. The Hall–Kier alpha value is -0.870. The lowest BCUT2D eigenvalue weighted by atomic mass is 10.0. The van der Waals surface area contributed by atoms with Crippen molar-refractivity contribution >= 4 is 10.0 Å². The number of nitrogens with zero attached hydrogens (tertiary/aromatic N) is 1. The van der Waals surface area contributed by atoms with Gasteiger partial charge in [0.2, 0.25) is 6.43 Å². The Bertz CT molecular complexity index is 623. The van der Waals surface area contributed by atoms with Crippen molar-refractivity contribution in [2.75, 3.05) is 39.4 Å². The number of hydrogen-bond donors (Lipinski definition) is 1. The summed E-state index contributed by atoms with van der Waals surface area (Å²) in [5, 5.41) is -6.72. The van der Waals surface area contributed by atoms with Gasteiger partial charge in [0.05, 0.1) is 19.6 Å². The molecule has 1 N–H and O–H groups in total. The second-order valence-corrected chi connectivity index (χ2v) is 7.63. The van der Waals surface area contributed by atoms with Crippen molar-refractivity contribution in [3.05, 3.63) is 0 Å². The molecule has 5 nitrogen and oxygen atoms in total. The Kier molecular flexibility index (Phi) is 7.62. The maximum atomic E-state index is 13.7. The van der Waals surface area contributed by atoms with Crippen molar-refractivity contribution in [3.63, 3.8) is 0 Å². The Morgan fingerprint density at radius 3 is 1.89 bits per heavy atom. The van der Waals surface area contributed by atoms with E-state index < -0.39 is 52.4 Å². The van der Waals surface area contributed by atoms with Crippen LogP contribution in [0.15, 0.2) is 0 Å². The van der Waals surface area contributed by atoms with Crippen LogP contribution in [0, 0.1) is 0 Å². The Morgan fingerprint density at radius 1 is 0.929 bits per heavy atom. The summed E-state index contributed by atoms with van der Waals surface area (Å²) in [5.74, 6) is -20.6. The van der Waals surface area contributed by atoms with E-state index in [1.54, 1.807) is 0 Å². The molecule has 0 spiro atoms. The van der Waals surface area contributed by atoms with E-state index >= 15 is 0 Å². The van der Waals surface area contributed by atoms with Crippen molar-refractivity contribution < 1.29 is 57.1 Å². The number of morpholine rings is 1. The fourth-order valence-electron chi connectivity index (χ4n) is 2.16. The van der Waals surface area contributed by atoms with E-state index in [-0.39, 0.29) is 32.8 Å². The van der Waals surface area contributed by atoms with Gasteiger partial charge in [-0.1, -0.05) is 0 Å². The molecule has 28 heavy (non-hydrogen) atoms. The molecule has 0 aromatic heterocycles. The number of rotatable bonds is 10. The number of sulfonamides is 1. The average Bonchev–Trinajstić information content (AvgIpc) is 2.53. The van der Waals surface area contributed by atoms with E-state index in [0.717, 1.165) is 4.72 Å². The lowest BCUT2D eigenvalue weighted by Gasteiger charge is -2.36. The predicted octanol–water partition coefficient (Wildman–Crippen LogP) is 2.39. The molecule has 0 saturated carbocycles. The van der Waals surface area contributed by atoms with Gasteiger partial charge in [0.1, 0.15) is 0 Å². The van der Waals surface area contributed by atoms with Crippen LogP contribution in [0.25, 0.3) is 0 Å². The van der Waals surface area contributed by atoms with Crippen LogP contribution in [0.2, 0.25) is 0 Å². The third-order valence-corrected chi connectivity index (χ3v) is 5.31. The molecule has 0 unspecified atom stereocenters. The zero-order valence-corrected chi connectivity index (χ0v) is 14.7. The molecule has 0 amide bonds. The lowest BCUT2D eigenvalue weighted by Crippen LogP contribution is -2.66. The van der Waals surface area contributed by atoms with Crippen LogP contribution in [0.1, 0.15) is 6.42 Å². The quantitative estimate of drug-likeness (QED) is 0.511. The first-order valence-corrected chi connectivity index (χ1v) is 9.06. The minimum Gasteiger partial charge on any atom is -0.379 e. The van der Waals surface area contributed by atoms with Crippen LogP contribution in [-0.2, 0) is 14.8 Å². The highest BCUT2D eigenvalue weighted by atomic mass is 32.2. The first kappa shape index (κ1) is 25.2. The molecule has 1 heterocycles. The minimum atomic E-state index is -7.19. The van der Waals surface area contributed by atoms with Crippen LogP contribution in [0.5, 0.6) is 0 Å². The summed E-state index contributed by atoms with van der Waals surface area (Å²) in [6.45, 7) is -0.299. The van der Waals surface area contributed by atoms with Gasteiger partial charge in [-0.25, -0.2) is 21.9 Å². The molecule has 1 fully saturated rings. The van der Waals surface area contributed by atoms with Crippen molar-refractivity contribution in [1.82, 2.24) is 9.62 Å². The molecular weight excluding hydrogens is 442 g/mol. The molecule has 0 bridgehead atoms. The van der Waals surface area contributed by atoms with Crippen molar-refractivity contribution in [1.29, 1.82) is 0 Å². The van der Waals surface area contributed by atoms with Crippen molar-refractivity contribution in [2.45, 2.75) is 35.9 Å². The van der Waals surface area contributed by atoms with E-state index in [4.69, 9.17) is 4.74 Å². The molecule has 0 aromatic rings. The first-order valence-electron chi connectivity index (χ1n) is 7.58. The van der Waals surface area contributed by atoms with Crippen LogP contribution in [0.4, 0.5) is 43.9 Å². The monoisotopic (exact) mass is 458 g/mol. The number of alkyl halides is 10. The van der Waals surface area contributed by atoms with Crippen LogP contribution >= 0.6 is 0 Å². The average molecular weight is 458 g/mol. The fourth-order valence-corrected chi connectivity index (χ4v) is 3.16. The van der Waals surface area contributed by atoms with Crippen LogP contribution < -0.4 is 4.72 Å². The number of hydrogen-bond acceptors (Lipinski definition) is 4. The van der Waals surface area contributed by atoms with Gasteiger partial charge in [0.15, 0.2) is 0 Å². The predicted molar refractivity (Wildman–Crippen MR) is 74.6 cm³/mol. The summed E-state index contributed by atoms with van der Waals surface area (Å²) in [6.07, 6.45) is -7.41.